The van der Waals surface area contributed by atoms with Gasteiger partial charge in [0.2, 0.25) is 0 Å². The van der Waals surface area contributed by atoms with Gasteiger partial charge in [0.1, 0.15) is 0 Å². The average molecular weight is 336 g/mol. The molecule has 136 valence electrons. The third-order valence-electron chi connectivity index (χ3n) is 9.08. The quantitative estimate of drug-likeness (QED) is 0.723. The lowest BCUT2D eigenvalue weighted by Crippen LogP contribution is -2.58. The minimum Gasteiger partial charge on any atom is -0.481 e. The van der Waals surface area contributed by atoms with Crippen LogP contribution in [0.1, 0.15) is 71.6 Å². The number of carbonyl (C=O) groups is 1. The zero-order valence-electron chi connectivity index (χ0n) is 15.1. The van der Waals surface area contributed by atoms with Crippen molar-refractivity contribution in [2.45, 2.75) is 77.2 Å². The van der Waals surface area contributed by atoms with E-state index in [0.717, 1.165) is 57.8 Å². The van der Waals surface area contributed by atoms with Crippen molar-refractivity contribution >= 4 is 5.97 Å². The summed E-state index contributed by atoms with van der Waals surface area (Å²) < 4.78 is 0. The molecule has 24 heavy (non-hydrogen) atoms. The number of aliphatic hydroxyl groups is 2. The molecule has 0 aromatic heterocycles. The van der Waals surface area contributed by atoms with Crippen LogP contribution >= 0.6 is 0 Å². The molecule has 4 aliphatic carbocycles. The van der Waals surface area contributed by atoms with E-state index in [4.69, 9.17) is 0 Å². The molecule has 4 heteroatoms. The van der Waals surface area contributed by atoms with Crippen molar-refractivity contribution in [3.05, 3.63) is 0 Å². The van der Waals surface area contributed by atoms with E-state index >= 15 is 0 Å². The van der Waals surface area contributed by atoms with Crippen LogP contribution in [0, 0.1) is 34.0 Å². The lowest BCUT2D eigenvalue weighted by Gasteiger charge is -2.63. The Bertz CT molecular complexity index is 562. The summed E-state index contributed by atoms with van der Waals surface area (Å²) in [4.78, 5) is 12.1. The van der Waals surface area contributed by atoms with E-state index < -0.39 is 17.0 Å². The molecule has 0 unspecified atom stereocenters. The average Bonchev–Trinajstić information content (AvgIpc) is 2.73. The van der Waals surface area contributed by atoms with Gasteiger partial charge in [-0.3, -0.25) is 4.79 Å². The predicted octanol–water partition coefficient (Wildman–Crippen LogP) is 3.21. The monoisotopic (exact) mass is 336 g/mol. The fourth-order valence-electron chi connectivity index (χ4n) is 8.06. The van der Waals surface area contributed by atoms with Crippen molar-refractivity contribution in [2.24, 2.45) is 34.0 Å². The Hall–Kier alpha value is -0.610. The molecule has 4 fully saturated rings. The highest BCUT2D eigenvalue weighted by molar-refractivity contribution is 5.75. The molecule has 4 rings (SSSR count). The van der Waals surface area contributed by atoms with Crippen LogP contribution in [0.25, 0.3) is 0 Å². The first kappa shape index (κ1) is 16.8. The molecule has 0 aromatic carbocycles. The highest BCUT2D eigenvalue weighted by Gasteiger charge is 2.68. The zero-order valence-corrected chi connectivity index (χ0v) is 15.1. The minimum atomic E-state index is -0.900. The van der Waals surface area contributed by atoms with E-state index in [1.54, 1.807) is 0 Å². The molecule has 0 saturated heterocycles. The van der Waals surface area contributed by atoms with Crippen LogP contribution in [0.15, 0.2) is 0 Å². The maximum atomic E-state index is 12.1. The Labute approximate surface area is 144 Å². The van der Waals surface area contributed by atoms with Crippen LogP contribution in [0.4, 0.5) is 0 Å². The smallest absolute Gasteiger partial charge is 0.309 e. The summed E-state index contributed by atoms with van der Waals surface area (Å²) in [6.45, 7) is 4.19. The second kappa shape index (κ2) is 4.97. The number of hydrogen-bond acceptors (Lipinski definition) is 3. The van der Waals surface area contributed by atoms with Gasteiger partial charge in [0, 0.05) is 0 Å². The summed E-state index contributed by atoms with van der Waals surface area (Å²) in [5.41, 5.74) is -1.31. The Morgan fingerprint density at radius 3 is 2.50 bits per heavy atom. The number of rotatable bonds is 2. The van der Waals surface area contributed by atoms with Crippen molar-refractivity contribution in [3.8, 4) is 0 Å². The topological polar surface area (TPSA) is 77.8 Å². The van der Waals surface area contributed by atoms with Crippen LogP contribution in [-0.4, -0.2) is 33.5 Å². The van der Waals surface area contributed by atoms with E-state index in [1.165, 1.54) is 0 Å². The van der Waals surface area contributed by atoms with Crippen molar-refractivity contribution in [1.29, 1.82) is 0 Å². The minimum absolute atomic E-state index is 0.0648. The maximum absolute atomic E-state index is 12.1. The molecule has 0 aliphatic heterocycles. The number of carboxylic acid groups (broad SMARTS) is 1. The van der Waals surface area contributed by atoms with E-state index in [2.05, 4.69) is 6.92 Å². The summed E-state index contributed by atoms with van der Waals surface area (Å²) in [6.07, 6.45) is 8.73. The lowest BCUT2D eigenvalue weighted by atomic mass is 9.41. The molecule has 0 heterocycles. The summed E-state index contributed by atoms with van der Waals surface area (Å²) in [6, 6.07) is 0. The maximum Gasteiger partial charge on any atom is 0.309 e. The van der Waals surface area contributed by atoms with Gasteiger partial charge >= 0.3 is 5.97 Å². The van der Waals surface area contributed by atoms with E-state index in [0.29, 0.717) is 5.92 Å². The lowest BCUT2D eigenvalue weighted by molar-refractivity contribution is -0.181. The SMILES string of the molecule is C[C@]12CCC[C@](C)(C(=O)O)[C@@H]1CC[C@]13C[C@H](CC[C@@H]12)[C@@](O)(CO)C3. The van der Waals surface area contributed by atoms with Crippen LogP contribution in [0.3, 0.4) is 0 Å². The van der Waals surface area contributed by atoms with E-state index in [1.807, 2.05) is 6.92 Å². The van der Waals surface area contributed by atoms with Crippen LogP contribution in [0.2, 0.25) is 0 Å². The molecule has 4 nitrogen and oxygen atoms in total. The molecule has 1 spiro atoms. The summed E-state index contributed by atoms with van der Waals surface area (Å²) in [7, 11) is 0. The number of fused-ring (bicyclic) bond motifs is 3. The largest absolute Gasteiger partial charge is 0.481 e. The number of hydrogen-bond donors (Lipinski definition) is 3. The summed E-state index contributed by atoms with van der Waals surface area (Å²) >= 11 is 0. The second-order valence-electron chi connectivity index (χ2n) is 10.0. The van der Waals surface area contributed by atoms with Gasteiger partial charge in [-0.2, -0.15) is 0 Å². The van der Waals surface area contributed by atoms with Gasteiger partial charge in [0.05, 0.1) is 17.6 Å². The highest BCUT2D eigenvalue weighted by Crippen LogP contribution is 2.72. The first-order valence-corrected chi connectivity index (χ1v) is 9.77. The number of aliphatic hydroxyl groups excluding tert-OH is 1. The van der Waals surface area contributed by atoms with Crippen LogP contribution in [0.5, 0.6) is 0 Å². The van der Waals surface area contributed by atoms with Crippen molar-refractivity contribution < 1.29 is 20.1 Å². The summed E-state index contributed by atoms with van der Waals surface area (Å²) in [5, 5.41) is 30.6. The third kappa shape index (κ3) is 1.90. The molecule has 0 radical (unpaired) electrons. The van der Waals surface area contributed by atoms with Crippen molar-refractivity contribution in [3.63, 3.8) is 0 Å². The zero-order chi connectivity index (χ0) is 17.4. The molecule has 4 saturated carbocycles. The normalized spacial score (nSPS) is 56.4. The van der Waals surface area contributed by atoms with Gasteiger partial charge in [0.15, 0.2) is 0 Å². The Kier molecular flexibility index (Phi) is 3.49. The number of carboxylic acids is 1. The highest BCUT2D eigenvalue weighted by atomic mass is 16.4. The standard InChI is InChI=1S/C20H32O4/c1-17-7-3-8-18(2,16(22)23)14(17)6-9-19-10-13(4-5-15(17)19)20(24,11-19)12-21/h13-15,21,24H,3-12H2,1-2H3,(H,22,23)/t13-,14+,15+,17-,18-,19+,20-/m0/s1. The van der Waals surface area contributed by atoms with Crippen LogP contribution in [-0.2, 0) is 4.79 Å². The molecule has 3 N–H and O–H groups in total. The van der Waals surface area contributed by atoms with Gasteiger partial charge in [-0.05, 0) is 86.9 Å². The van der Waals surface area contributed by atoms with Crippen molar-refractivity contribution in [1.82, 2.24) is 0 Å². The van der Waals surface area contributed by atoms with Gasteiger partial charge in [-0.15, -0.1) is 0 Å². The summed E-state index contributed by atoms with van der Waals surface area (Å²) in [5.74, 6) is 0.348. The molecule has 2 bridgehead atoms. The fraction of sp³-hybridized carbons (Fsp3) is 0.950. The van der Waals surface area contributed by atoms with E-state index in [-0.39, 0.29) is 29.3 Å². The second-order valence-corrected chi connectivity index (χ2v) is 10.0. The third-order valence-corrected chi connectivity index (χ3v) is 9.08. The first-order valence-electron chi connectivity index (χ1n) is 9.77. The molecular weight excluding hydrogens is 304 g/mol. The first-order chi connectivity index (χ1) is 11.2. The fourth-order valence-corrected chi connectivity index (χ4v) is 8.06. The van der Waals surface area contributed by atoms with E-state index in [9.17, 15) is 20.1 Å². The molecular formula is C20H32O4. The van der Waals surface area contributed by atoms with Crippen LogP contribution < -0.4 is 0 Å². The molecule has 0 aromatic rings. The molecule has 0 amide bonds. The Morgan fingerprint density at radius 1 is 1.08 bits per heavy atom. The van der Waals surface area contributed by atoms with Gasteiger partial charge in [-0.1, -0.05) is 13.3 Å². The van der Waals surface area contributed by atoms with Gasteiger partial charge in [0.25, 0.3) is 0 Å². The molecule has 4 aliphatic rings. The number of aliphatic carboxylic acids is 1. The Balaban J connectivity index is 1.73. The van der Waals surface area contributed by atoms with Crippen molar-refractivity contribution in [2.75, 3.05) is 6.61 Å². The van der Waals surface area contributed by atoms with Gasteiger partial charge in [-0.25, -0.2) is 0 Å². The van der Waals surface area contributed by atoms with Gasteiger partial charge < -0.3 is 15.3 Å². The Morgan fingerprint density at radius 2 is 1.83 bits per heavy atom. The predicted molar refractivity (Wildman–Crippen MR) is 90.3 cm³/mol. The molecule has 7 atom stereocenters.